The third-order valence-electron chi connectivity index (χ3n) is 2.38. The Morgan fingerprint density at radius 3 is 2.06 bits per heavy atom. The van der Waals surface area contributed by atoms with Crippen molar-refractivity contribution in [2.75, 3.05) is 5.32 Å². The molecule has 0 aromatic heterocycles. The second-order valence-corrected chi connectivity index (χ2v) is 4.98. The van der Waals surface area contributed by atoms with E-state index in [2.05, 4.69) is 27.9 Å². The highest BCUT2D eigenvalue weighted by Crippen LogP contribution is 2.16. The van der Waals surface area contributed by atoms with Gasteiger partial charge in [-0.15, -0.1) is 0 Å². The lowest BCUT2D eigenvalue weighted by Crippen LogP contribution is -2.02. The minimum absolute atomic E-state index is 0.231. The van der Waals surface area contributed by atoms with Crippen molar-refractivity contribution in [2.24, 2.45) is 0 Å². The highest BCUT2D eigenvalue weighted by atomic mass is 127. The summed E-state index contributed by atoms with van der Waals surface area (Å²) in [6.45, 7) is 0.231. The third kappa shape index (κ3) is 3.16. The SMILES string of the molecule is Fc1cc(CNc2ccc(I)cc2)cc(F)c1F. The molecule has 0 unspecified atom stereocenters. The van der Waals surface area contributed by atoms with Crippen molar-refractivity contribution in [2.45, 2.75) is 6.54 Å². The number of hydrogen-bond donors (Lipinski definition) is 1. The van der Waals surface area contributed by atoms with Crippen molar-refractivity contribution >= 4 is 28.3 Å². The maximum atomic E-state index is 13.0. The number of nitrogens with one attached hydrogen (secondary N) is 1. The summed E-state index contributed by atoms with van der Waals surface area (Å²) in [4.78, 5) is 0. The van der Waals surface area contributed by atoms with Gasteiger partial charge in [0.05, 0.1) is 0 Å². The average Bonchev–Trinajstić information content (AvgIpc) is 2.35. The summed E-state index contributed by atoms with van der Waals surface area (Å²) in [5.41, 5.74) is 1.19. The maximum Gasteiger partial charge on any atom is 0.194 e. The predicted molar refractivity (Wildman–Crippen MR) is 72.8 cm³/mol. The van der Waals surface area contributed by atoms with Gasteiger partial charge < -0.3 is 5.32 Å². The van der Waals surface area contributed by atoms with Crippen LogP contribution in [0.2, 0.25) is 0 Å². The standard InChI is InChI=1S/C13H9F3IN/c14-11-5-8(6-12(15)13(11)16)7-18-10-3-1-9(17)2-4-10/h1-6,18H,7H2. The zero-order chi connectivity index (χ0) is 13.1. The molecule has 94 valence electrons. The van der Waals surface area contributed by atoms with E-state index in [0.717, 1.165) is 21.4 Å². The Hall–Kier alpha value is -1.24. The number of rotatable bonds is 3. The Balaban J connectivity index is 2.08. The average molecular weight is 363 g/mol. The maximum absolute atomic E-state index is 13.0. The fourth-order valence-electron chi connectivity index (χ4n) is 1.48. The second-order valence-electron chi connectivity index (χ2n) is 3.73. The van der Waals surface area contributed by atoms with E-state index < -0.39 is 17.5 Å². The van der Waals surface area contributed by atoms with Gasteiger partial charge in [-0.2, -0.15) is 0 Å². The molecular formula is C13H9F3IN. The van der Waals surface area contributed by atoms with Crippen molar-refractivity contribution in [1.82, 2.24) is 0 Å². The summed E-state index contributed by atoms with van der Waals surface area (Å²) in [7, 11) is 0. The first kappa shape index (κ1) is 13.2. The molecule has 1 nitrogen and oxygen atoms in total. The minimum Gasteiger partial charge on any atom is -0.381 e. The van der Waals surface area contributed by atoms with Gasteiger partial charge in [-0.25, -0.2) is 13.2 Å². The summed E-state index contributed by atoms with van der Waals surface area (Å²) < 4.78 is 39.8. The lowest BCUT2D eigenvalue weighted by molar-refractivity contribution is 0.445. The summed E-state index contributed by atoms with van der Waals surface area (Å²) in [6, 6.07) is 9.51. The second kappa shape index (κ2) is 5.60. The van der Waals surface area contributed by atoms with Gasteiger partial charge in [0.1, 0.15) is 0 Å². The molecule has 2 aromatic carbocycles. The third-order valence-corrected chi connectivity index (χ3v) is 3.10. The Labute approximate surface area is 116 Å². The summed E-state index contributed by atoms with van der Waals surface area (Å²) in [6.07, 6.45) is 0. The Morgan fingerprint density at radius 1 is 0.944 bits per heavy atom. The first-order valence-corrected chi connectivity index (χ1v) is 6.27. The molecule has 0 aliphatic heterocycles. The number of hydrogen-bond acceptors (Lipinski definition) is 1. The van der Waals surface area contributed by atoms with E-state index in [4.69, 9.17) is 0 Å². The van der Waals surface area contributed by atoms with Crippen molar-refractivity contribution in [3.63, 3.8) is 0 Å². The van der Waals surface area contributed by atoms with Crippen LogP contribution in [0.4, 0.5) is 18.9 Å². The Kier molecular flexibility index (Phi) is 4.11. The summed E-state index contributed by atoms with van der Waals surface area (Å²) >= 11 is 2.18. The predicted octanol–water partition coefficient (Wildman–Crippen LogP) is 4.32. The molecule has 2 rings (SSSR count). The van der Waals surface area contributed by atoms with Gasteiger partial charge in [0.2, 0.25) is 0 Å². The summed E-state index contributed by atoms with van der Waals surface area (Å²) in [5.74, 6) is -3.78. The molecule has 0 heterocycles. The van der Waals surface area contributed by atoms with Crippen LogP contribution in [0.5, 0.6) is 0 Å². The fraction of sp³-hybridized carbons (Fsp3) is 0.0769. The Morgan fingerprint density at radius 2 is 1.50 bits per heavy atom. The lowest BCUT2D eigenvalue weighted by atomic mass is 10.2. The van der Waals surface area contributed by atoms with Crippen LogP contribution in [0.25, 0.3) is 0 Å². The molecule has 18 heavy (non-hydrogen) atoms. The zero-order valence-electron chi connectivity index (χ0n) is 9.18. The van der Waals surface area contributed by atoms with E-state index in [9.17, 15) is 13.2 Å². The normalized spacial score (nSPS) is 10.4. The van der Waals surface area contributed by atoms with Crippen LogP contribution in [0.15, 0.2) is 36.4 Å². The number of halogens is 4. The molecular weight excluding hydrogens is 354 g/mol. The largest absolute Gasteiger partial charge is 0.381 e. The van der Waals surface area contributed by atoms with Crippen molar-refractivity contribution < 1.29 is 13.2 Å². The van der Waals surface area contributed by atoms with E-state index in [1.165, 1.54) is 0 Å². The summed E-state index contributed by atoms with van der Waals surface area (Å²) in [5, 5.41) is 3.00. The molecule has 5 heteroatoms. The molecule has 0 amide bonds. The molecule has 0 aliphatic rings. The van der Waals surface area contributed by atoms with Crippen LogP contribution in [0.1, 0.15) is 5.56 Å². The van der Waals surface area contributed by atoms with E-state index in [1.54, 1.807) is 0 Å². The molecule has 0 saturated carbocycles. The van der Waals surface area contributed by atoms with Crippen LogP contribution in [-0.4, -0.2) is 0 Å². The van der Waals surface area contributed by atoms with E-state index in [1.807, 2.05) is 24.3 Å². The van der Waals surface area contributed by atoms with Gasteiger partial charge in [-0.05, 0) is 64.6 Å². The van der Waals surface area contributed by atoms with Gasteiger partial charge in [-0.3, -0.25) is 0 Å². The molecule has 0 radical (unpaired) electrons. The zero-order valence-corrected chi connectivity index (χ0v) is 11.3. The minimum atomic E-state index is -1.44. The van der Waals surface area contributed by atoms with E-state index >= 15 is 0 Å². The van der Waals surface area contributed by atoms with Crippen LogP contribution in [0, 0.1) is 21.0 Å². The van der Waals surface area contributed by atoms with Crippen LogP contribution in [-0.2, 0) is 6.54 Å². The molecule has 0 bridgehead atoms. The molecule has 1 N–H and O–H groups in total. The molecule has 0 saturated heterocycles. The number of anilines is 1. The molecule has 0 fully saturated rings. The van der Waals surface area contributed by atoms with E-state index in [-0.39, 0.29) is 6.54 Å². The van der Waals surface area contributed by atoms with Crippen molar-refractivity contribution in [3.05, 3.63) is 63.0 Å². The van der Waals surface area contributed by atoms with E-state index in [0.29, 0.717) is 5.56 Å². The highest BCUT2D eigenvalue weighted by Gasteiger charge is 2.10. The van der Waals surface area contributed by atoms with Crippen LogP contribution < -0.4 is 5.32 Å². The lowest BCUT2D eigenvalue weighted by Gasteiger charge is -2.07. The van der Waals surface area contributed by atoms with Crippen molar-refractivity contribution in [3.8, 4) is 0 Å². The molecule has 0 spiro atoms. The van der Waals surface area contributed by atoms with Gasteiger partial charge in [0, 0.05) is 15.8 Å². The topological polar surface area (TPSA) is 12.0 Å². The molecule has 0 atom stereocenters. The quantitative estimate of drug-likeness (QED) is 0.633. The Bertz CT molecular complexity index is 532. The monoisotopic (exact) mass is 363 g/mol. The fourth-order valence-corrected chi connectivity index (χ4v) is 1.84. The van der Waals surface area contributed by atoms with Gasteiger partial charge in [0.15, 0.2) is 17.5 Å². The number of benzene rings is 2. The molecule has 0 aliphatic carbocycles. The highest BCUT2D eigenvalue weighted by molar-refractivity contribution is 14.1. The first-order valence-electron chi connectivity index (χ1n) is 5.19. The first-order chi connectivity index (χ1) is 8.56. The molecule has 2 aromatic rings. The van der Waals surface area contributed by atoms with Gasteiger partial charge in [-0.1, -0.05) is 0 Å². The van der Waals surface area contributed by atoms with Gasteiger partial charge in [0.25, 0.3) is 0 Å². The van der Waals surface area contributed by atoms with Gasteiger partial charge >= 0.3 is 0 Å². The van der Waals surface area contributed by atoms with Crippen LogP contribution in [0.3, 0.4) is 0 Å². The van der Waals surface area contributed by atoms with Crippen LogP contribution >= 0.6 is 22.6 Å². The van der Waals surface area contributed by atoms with Crippen molar-refractivity contribution in [1.29, 1.82) is 0 Å². The smallest absolute Gasteiger partial charge is 0.194 e.